The summed E-state index contributed by atoms with van der Waals surface area (Å²) >= 11 is 0. The molecule has 0 aromatic carbocycles. The zero-order valence-electron chi connectivity index (χ0n) is 9.22. The molecule has 1 aliphatic rings. The summed E-state index contributed by atoms with van der Waals surface area (Å²) in [6.45, 7) is 11.2. The highest BCUT2D eigenvalue weighted by Crippen LogP contribution is 2.20. The van der Waals surface area contributed by atoms with Gasteiger partial charge in [-0.15, -0.1) is 0 Å². The monoisotopic (exact) mass is 184 g/mol. The van der Waals surface area contributed by atoms with Crippen molar-refractivity contribution in [3.8, 4) is 0 Å². The number of nitrogens with one attached hydrogen (secondary N) is 1. The second-order valence-electron chi connectivity index (χ2n) is 5.09. The van der Waals surface area contributed by atoms with Gasteiger partial charge in [-0.25, -0.2) is 0 Å². The molecule has 0 aliphatic carbocycles. The van der Waals surface area contributed by atoms with E-state index >= 15 is 0 Å². The van der Waals surface area contributed by atoms with Crippen LogP contribution in [0.25, 0.3) is 0 Å². The molecule has 0 radical (unpaired) electrons. The van der Waals surface area contributed by atoms with Gasteiger partial charge in [0.2, 0.25) is 5.91 Å². The van der Waals surface area contributed by atoms with Crippen molar-refractivity contribution in [2.45, 2.75) is 46.8 Å². The molecule has 13 heavy (non-hydrogen) atoms. The zero-order chi connectivity index (χ0) is 10.2. The summed E-state index contributed by atoms with van der Waals surface area (Å²) in [5.41, 5.74) is 0.176. The third-order valence-electron chi connectivity index (χ3n) is 2.26. The first-order chi connectivity index (χ1) is 5.81. The Balaban J connectivity index is 2.64. The maximum Gasteiger partial charge on any atom is 0.240 e. The minimum atomic E-state index is -0.0163. The van der Waals surface area contributed by atoms with E-state index in [2.05, 4.69) is 26.1 Å². The average Bonchev–Trinajstić information content (AvgIpc) is 2.14. The van der Waals surface area contributed by atoms with Gasteiger partial charge in [-0.1, -0.05) is 20.8 Å². The number of carbonyl (C=O) groups excluding carboxylic acids is 1. The Bertz CT molecular complexity index is 207. The number of hydrogen-bond donors (Lipinski definition) is 1. The van der Waals surface area contributed by atoms with Crippen LogP contribution in [0.2, 0.25) is 0 Å². The summed E-state index contributed by atoms with van der Waals surface area (Å²) in [5.74, 6) is 0.224. The van der Waals surface area contributed by atoms with Gasteiger partial charge in [0.05, 0.1) is 12.2 Å². The van der Waals surface area contributed by atoms with E-state index in [4.69, 9.17) is 0 Å². The fourth-order valence-corrected chi connectivity index (χ4v) is 1.69. The maximum absolute atomic E-state index is 11.7. The molecule has 0 bridgehead atoms. The quantitative estimate of drug-likeness (QED) is 0.664. The number of nitrogens with zero attached hydrogens (tertiary/aromatic N) is 1. The summed E-state index contributed by atoms with van der Waals surface area (Å²) < 4.78 is 0. The lowest BCUT2D eigenvalue weighted by Crippen LogP contribution is -2.40. The zero-order valence-corrected chi connectivity index (χ0v) is 9.22. The van der Waals surface area contributed by atoms with Crippen LogP contribution < -0.4 is 5.32 Å². The van der Waals surface area contributed by atoms with E-state index in [0.29, 0.717) is 0 Å². The molecule has 76 valence electrons. The van der Waals surface area contributed by atoms with Crippen LogP contribution >= 0.6 is 0 Å². The van der Waals surface area contributed by atoms with Crippen molar-refractivity contribution in [3.05, 3.63) is 0 Å². The minimum absolute atomic E-state index is 0.0163. The van der Waals surface area contributed by atoms with Gasteiger partial charge >= 0.3 is 0 Å². The van der Waals surface area contributed by atoms with E-state index in [1.807, 2.05) is 18.7 Å². The summed E-state index contributed by atoms with van der Waals surface area (Å²) in [5, 5.41) is 3.22. The molecule has 3 heteroatoms. The summed E-state index contributed by atoms with van der Waals surface area (Å²) in [6, 6.07) is -0.0163. The standard InChI is InChI=1S/C10H20N2O/c1-7-9(13)12(8(2)11-7)6-10(3,4)5/h7-8,11H,6H2,1-5H3. The summed E-state index contributed by atoms with van der Waals surface area (Å²) in [4.78, 5) is 13.6. The van der Waals surface area contributed by atoms with Crippen molar-refractivity contribution >= 4 is 5.91 Å². The molecule has 1 fully saturated rings. The summed E-state index contributed by atoms with van der Waals surface area (Å²) in [6.07, 6.45) is 0.182. The molecule has 1 rings (SSSR count). The van der Waals surface area contributed by atoms with Gasteiger partial charge in [-0.05, 0) is 19.3 Å². The maximum atomic E-state index is 11.7. The summed E-state index contributed by atoms with van der Waals surface area (Å²) in [7, 11) is 0. The van der Waals surface area contributed by atoms with Crippen molar-refractivity contribution in [1.82, 2.24) is 10.2 Å². The first-order valence-corrected chi connectivity index (χ1v) is 4.88. The lowest BCUT2D eigenvalue weighted by Gasteiger charge is -2.29. The highest BCUT2D eigenvalue weighted by atomic mass is 16.2. The normalized spacial score (nSPS) is 29.9. The van der Waals surface area contributed by atoms with Crippen LogP contribution in [-0.2, 0) is 4.79 Å². The Labute approximate surface area is 80.5 Å². The van der Waals surface area contributed by atoms with Crippen molar-refractivity contribution in [2.24, 2.45) is 5.41 Å². The molecule has 0 aromatic rings. The predicted molar refractivity (Wildman–Crippen MR) is 53.2 cm³/mol. The van der Waals surface area contributed by atoms with E-state index < -0.39 is 0 Å². The molecule has 0 spiro atoms. The largest absolute Gasteiger partial charge is 0.326 e. The smallest absolute Gasteiger partial charge is 0.240 e. The van der Waals surface area contributed by atoms with E-state index in [0.717, 1.165) is 6.54 Å². The molecule has 0 aromatic heterocycles. The van der Waals surface area contributed by atoms with Crippen LogP contribution in [0.1, 0.15) is 34.6 Å². The number of rotatable bonds is 1. The Kier molecular flexibility index (Phi) is 2.66. The molecule has 1 heterocycles. The number of amides is 1. The molecule has 3 nitrogen and oxygen atoms in total. The van der Waals surface area contributed by atoms with E-state index in [1.165, 1.54) is 0 Å². The lowest BCUT2D eigenvalue weighted by atomic mass is 9.96. The van der Waals surface area contributed by atoms with Crippen molar-refractivity contribution in [2.75, 3.05) is 6.54 Å². The SMILES string of the molecule is CC1NC(C)N(CC(C)(C)C)C1=O. The second kappa shape index (κ2) is 3.29. The minimum Gasteiger partial charge on any atom is -0.326 e. The fourth-order valence-electron chi connectivity index (χ4n) is 1.69. The number of hydrogen-bond acceptors (Lipinski definition) is 2. The molecule has 1 amide bonds. The van der Waals surface area contributed by atoms with Crippen molar-refractivity contribution in [3.63, 3.8) is 0 Å². The van der Waals surface area contributed by atoms with Crippen LogP contribution in [0.4, 0.5) is 0 Å². The fraction of sp³-hybridized carbons (Fsp3) is 0.900. The van der Waals surface area contributed by atoms with E-state index in [-0.39, 0.29) is 23.5 Å². The van der Waals surface area contributed by atoms with Gasteiger partial charge in [0.1, 0.15) is 0 Å². The third-order valence-corrected chi connectivity index (χ3v) is 2.26. The van der Waals surface area contributed by atoms with Gasteiger partial charge < -0.3 is 4.90 Å². The van der Waals surface area contributed by atoms with Crippen LogP contribution in [0.5, 0.6) is 0 Å². The Hall–Kier alpha value is -0.570. The van der Waals surface area contributed by atoms with Gasteiger partial charge in [0.15, 0.2) is 0 Å². The van der Waals surface area contributed by atoms with Gasteiger partial charge in [0.25, 0.3) is 0 Å². The molecule has 1 saturated heterocycles. The Morgan fingerprint density at radius 2 is 1.92 bits per heavy atom. The number of carbonyl (C=O) groups is 1. The molecule has 2 unspecified atom stereocenters. The van der Waals surface area contributed by atoms with Crippen LogP contribution in [0, 0.1) is 5.41 Å². The molecule has 1 N–H and O–H groups in total. The second-order valence-corrected chi connectivity index (χ2v) is 5.09. The Morgan fingerprint density at radius 3 is 2.23 bits per heavy atom. The highest BCUT2D eigenvalue weighted by Gasteiger charge is 2.35. The molecular weight excluding hydrogens is 164 g/mol. The van der Waals surface area contributed by atoms with Crippen LogP contribution in [0.15, 0.2) is 0 Å². The Morgan fingerprint density at radius 1 is 1.38 bits per heavy atom. The van der Waals surface area contributed by atoms with Crippen molar-refractivity contribution in [1.29, 1.82) is 0 Å². The van der Waals surface area contributed by atoms with Gasteiger partial charge in [-0.2, -0.15) is 0 Å². The van der Waals surface area contributed by atoms with E-state index in [1.54, 1.807) is 0 Å². The van der Waals surface area contributed by atoms with Crippen molar-refractivity contribution < 1.29 is 4.79 Å². The van der Waals surface area contributed by atoms with Gasteiger partial charge in [0, 0.05) is 6.54 Å². The van der Waals surface area contributed by atoms with Gasteiger partial charge in [-0.3, -0.25) is 10.1 Å². The molecule has 2 atom stereocenters. The highest BCUT2D eigenvalue weighted by molar-refractivity contribution is 5.83. The molecular formula is C10H20N2O. The first kappa shape index (κ1) is 10.5. The first-order valence-electron chi connectivity index (χ1n) is 4.88. The third kappa shape index (κ3) is 2.44. The lowest BCUT2D eigenvalue weighted by molar-refractivity contribution is -0.130. The van der Waals surface area contributed by atoms with Crippen LogP contribution in [0.3, 0.4) is 0 Å². The van der Waals surface area contributed by atoms with E-state index in [9.17, 15) is 4.79 Å². The molecule has 1 aliphatic heterocycles. The predicted octanol–water partition coefficient (Wildman–Crippen LogP) is 1.20. The average molecular weight is 184 g/mol. The topological polar surface area (TPSA) is 32.3 Å². The van der Waals surface area contributed by atoms with Crippen LogP contribution in [-0.4, -0.2) is 29.6 Å². The molecule has 0 saturated carbocycles.